The summed E-state index contributed by atoms with van der Waals surface area (Å²) >= 11 is 1.91. The van der Waals surface area contributed by atoms with Crippen LogP contribution in [0.5, 0.6) is 5.75 Å². The van der Waals surface area contributed by atoms with Crippen LogP contribution in [0, 0.1) is 17.3 Å². The number of ketones is 1. The van der Waals surface area contributed by atoms with Crippen molar-refractivity contribution in [2.24, 2.45) is 17.3 Å². The molecule has 4 fully saturated rings. The number of nitrogens with one attached hydrogen (secondary N) is 2. The third kappa shape index (κ3) is 4.17. The highest BCUT2D eigenvalue weighted by Crippen LogP contribution is 2.59. The Morgan fingerprint density at radius 1 is 1.14 bits per heavy atom. The van der Waals surface area contributed by atoms with Crippen LogP contribution in [0.25, 0.3) is 0 Å². The maximum Gasteiger partial charge on any atom is 0.315 e. The molecule has 6 rings (SSSR count). The molecule has 0 radical (unpaired) electrons. The van der Waals surface area contributed by atoms with E-state index in [4.69, 9.17) is 4.74 Å². The lowest BCUT2D eigenvalue weighted by atomic mass is 9.55. The average molecular weight is 497 g/mol. The number of thioether (sulfide) groups is 1. The summed E-state index contributed by atoms with van der Waals surface area (Å²) in [5, 5.41) is 6.43. The number of carbonyl (C=O) groups is 3. The van der Waals surface area contributed by atoms with Gasteiger partial charge in [0.1, 0.15) is 11.5 Å². The summed E-state index contributed by atoms with van der Waals surface area (Å²) in [7, 11) is 0. The molecule has 2 N–H and O–H groups in total. The zero-order valence-corrected chi connectivity index (χ0v) is 21.3. The second-order valence-corrected chi connectivity index (χ2v) is 12.8. The lowest BCUT2D eigenvalue weighted by Crippen LogP contribution is -2.42. The SMILES string of the molecule is CC12CCC3c4ccc(OC(=O)CCCCC5SCC6NC(=O)NC65)cc4CCC3C1CCC2=O. The minimum atomic E-state index is -0.163. The van der Waals surface area contributed by atoms with Gasteiger partial charge in [-0.25, -0.2) is 4.79 Å². The van der Waals surface area contributed by atoms with Crippen molar-refractivity contribution in [3.63, 3.8) is 0 Å². The molecule has 3 aliphatic carbocycles. The molecular formula is C28H36N2O4S. The molecule has 1 aromatic rings. The first-order valence-corrected chi connectivity index (χ1v) is 14.5. The molecule has 0 aromatic heterocycles. The molecule has 0 bridgehead atoms. The van der Waals surface area contributed by atoms with Crippen molar-refractivity contribution in [2.75, 3.05) is 5.75 Å². The highest BCUT2D eigenvalue weighted by Gasteiger charge is 2.54. The van der Waals surface area contributed by atoms with E-state index in [1.165, 1.54) is 11.1 Å². The standard InChI is InChI=1S/C28H36N2O4S/c1-28-13-12-19-18-9-7-17(14-16(18)6-8-20(19)21(28)10-11-24(28)31)34-25(32)5-3-2-4-23-26-22(15-35-23)29-27(33)30-26/h7,9,14,19-23,26H,2-6,8,10-13,15H2,1H3,(H2,29,30,33). The van der Waals surface area contributed by atoms with Crippen LogP contribution in [0.4, 0.5) is 4.79 Å². The third-order valence-corrected chi connectivity index (χ3v) is 11.2. The number of Topliss-reactive ketones (excluding diaryl/α,β-unsaturated/α-hetero) is 1. The number of unbranched alkanes of at least 4 members (excludes halogenated alkanes) is 1. The fourth-order valence-electron chi connectivity index (χ4n) is 7.83. The molecule has 35 heavy (non-hydrogen) atoms. The van der Waals surface area contributed by atoms with E-state index >= 15 is 0 Å². The Hall–Kier alpha value is -2.02. The summed E-state index contributed by atoms with van der Waals surface area (Å²) in [6.07, 6.45) is 9.28. The predicted molar refractivity (Wildman–Crippen MR) is 136 cm³/mol. The number of rotatable bonds is 6. The highest BCUT2D eigenvalue weighted by molar-refractivity contribution is 8.00. The molecule has 0 spiro atoms. The van der Waals surface area contributed by atoms with E-state index in [1.807, 2.05) is 17.8 Å². The molecule has 6 nitrogen and oxygen atoms in total. The van der Waals surface area contributed by atoms with E-state index in [-0.39, 0.29) is 29.5 Å². The molecule has 7 atom stereocenters. The number of hydrogen-bond acceptors (Lipinski definition) is 5. The Balaban J connectivity index is 1.00. The van der Waals surface area contributed by atoms with Crippen molar-refractivity contribution in [1.82, 2.24) is 10.6 Å². The molecular weight excluding hydrogens is 460 g/mol. The number of urea groups is 1. The summed E-state index contributed by atoms with van der Waals surface area (Å²) < 4.78 is 5.72. The van der Waals surface area contributed by atoms with Crippen LogP contribution in [0.2, 0.25) is 0 Å². The number of aryl methyl sites for hydroxylation is 1. The second kappa shape index (κ2) is 9.13. The number of benzene rings is 1. The molecule has 188 valence electrons. The number of esters is 1. The number of ether oxygens (including phenoxy) is 1. The van der Waals surface area contributed by atoms with Crippen LogP contribution >= 0.6 is 11.8 Å². The van der Waals surface area contributed by atoms with E-state index in [0.717, 1.165) is 63.5 Å². The maximum absolute atomic E-state index is 12.5. The lowest BCUT2D eigenvalue weighted by molar-refractivity contribution is -0.134. The molecule has 2 aliphatic heterocycles. The van der Waals surface area contributed by atoms with Crippen LogP contribution in [-0.4, -0.2) is 40.9 Å². The topological polar surface area (TPSA) is 84.5 Å². The van der Waals surface area contributed by atoms with Crippen LogP contribution in [0.15, 0.2) is 18.2 Å². The van der Waals surface area contributed by atoms with Crippen LogP contribution in [0.3, 0.4) is 0 Å². The van der Waals surface area contributed by atoms with Gasteiger partial charge in [0, 0.05) is 29.3 Å². The van der Waals surface area contributed by atoms with E-state index < -0.39 is 0 Å². The minimum Gasteiger partial charge on any atom is -0.427 e. The fourth-order valence-corrected chi connectivity index (χ4v) is 9.38. The molecule has 2 heterocycles. The number of hydrogen-bond donors (Lipinski definition) is 2. The van der Waals surface area contributed by atoms with Crippen LogP contribution in [0.1, 0.15) is 81.8 Å². The summed E-state index contributed by atoms with van der Waals surface area (Å²) in [5.74, 6) is 3.65. The predicted octanol–water partition coefficient (Wildman–Crippen LogP) is 4.74. The molecule has 7 unspecified atom stereocenters. The Kier molecular flexibility index (Phi) is 6.10. The zero-order chi connectivity index (χ0) is 24.2. The highest BCUT2D eigenvalue weighted by atomic mass is 32.2. The van der Waals surface area contributed by atoms with Gasteiger partial charge in [-0.1, -0.05) is 19.4 Å². The second-order valence-electron chi connectivity index (χ2n) is 11.5. The quantitative estimate of drug-likeness (QED) is 0.257. The van der Waals surface area contributed by atoms with Crippen molar-refractivity contribution in [3.05, 3.63) is 29.3 Å². The molecule has 7 heteroatoms. The summed E-state index contributed by atoms with van der Waals surface area (Å²) in [6, 6.07) is 6.67. The normalized spacial score (nSPS) is 37.1. The first-order valence-electron chi connectivity index (χ1n) is 13.5. The Bertz CT molecular complexity index is 1040. The van der Waals surface area contributed by atoms with E-state index in [0.29, 0.717) is 41.0 Å². The molecule has 2 saturated heterocycles. The van der Waals surface area contributed by atoms with Gasteiger partial charge in [0.2, 0.25) is 0 Å². The first-order chi connectivity index (χ1) is 16.9. The summed E-state index contributed by atoms with van der Waals surface area (Å²) in [5.41, 5.74) is 2.65. The van der Waals surface area contributed by atoms with Crippen molar-refractivity contribution < 1.29 is 19.1 Å². The van der Waals surface area contributed by atoms with Gasteiger partial charge < -0.3 is 15.4 Å². The Labute approximate surface area is 211 Å². The lowest BCUT2D eigenvalue weighted by Gasteiger charge is -2.48. The van der Waals surface area contributed by atoms with Gasteiger partial charge in [-0.3, -0.25) is 9.59 Å². The number of carbonyl (C=O) groups excluding carboxylic acids is 3. The molecule has 2 amide bonds. The van der Waals surface area contributed by atoms with Gasteiger partial charge in [-0.15, -0.1) is 0 Å². The van der Waals surface area contributed by atoms with Crippen molar-refractivity contribution >= 4 is 29.5 Å². The summed E-state index contributed by atoms with van der Waals surface area (Å²) in [6.45, 7) is 2.22. The molecule has 5 aliphatic rings. The smallest absolute Gasteiger partial charge is 0.315 e. The van der Waals surface area contributed by atoms with Crippen LogP contribution in [-0.2, 0) is 16.0 Å². The van der Waals surface area contributed by atoms with Gasteiger partial charge in [0.05, 0.1) is 12.1 Å². The van der Waals surface area contributed by atoms with Gasteiger partial charge >= 0.3 is 12.0 Å². The summed E-state index contributed by atoms with van der Waals surface area (Å²) in [4.78, 5) is 36.6. The molecule has 2 saturated carbocycles. The minimum absolute atomic E-state index is 0.0509. The van der Waals surface area contributed by atoms with Gasteiger partial charge in [-0.05, 0) is 86.0 Å². The average Bonchev–Trinajstić information content (AvgIpc) is 3.49. The maximum atomic E-state index is 12.5. The third-order valence-electron chi connectivity index (χ3n) is 9.70. The van der Waals surface area contributed by atoms with Crippen molar-refractivity contribution in [3.8, 4) is 5.75 Å². The number of amides is 2. The monoisotopic (exact) mass is 496 g/mol. The van der Waals surface area contributed by atoms with Gasteiger partial charge in [0.15, 0.2) is 0 Å². The van der Waals surface area contributed by atoms with Gasteiger partial charge in [-0.2, -0.15) is 11.8 Å². The van der Waals surface area contributed by atoms with Crippen LogP contribution < -0.4 is 15.4 Å². The van der Waals surface area contributed by atoms with E-state index in [2.05, 4.69) is 29.7 Å². The fraction of sp³-hybridized carbons (Fsp3) is 0.679. The van der Waals surface area contributed by atoms with Crippen molar-refractivity contribution in [2.45, 2.75) is 94.4 Å². The largest absolute Gasteiger partial charge is 0.427 e. The molecule has 1 aromatic carbocycles. The zero-order valence-electron chi connectivity index (χ0n) is 20.5. The number of fused-ring (bicyclic) bond motifs is 6. The van der Waals surface area contributed by atoms with E-state index in [1.54, 1.807) is 0 Å². The van der Waals surface area contributed by atoms with Crippen molar-refractivity contribution in [1.29, 1.82) is 0 Å². The Morgan fingerprint density at radius 2 is 2.03 bits per heavy atom. The van der Waals surface area contributed by atoms with E-state index in [9.17, 15) is 14.4 Å². The Morgan fingerprint density at radius 3 is 2.91 bits per heavy atom. The first kappa shape index (κ1) is 23.4. The van der Waals surface area contributed by atoms with Gasteiger partial charge in [0.25, 0.3) is 0 Å².